The molecule has 0 unspecified atom stereocenters. The first kappa shape index (κ1) is 25.8. The molecule has 0 fully saturated rings. The molecule has 0 atom stereocenters. The molecule has 0 saturated carbocycles. The van der Waals surface area contributed by atoms with Gasteiger partial charge >= 0.3 is 0 Å². The van der Waals surface area contributed by atoms with Gasteiger partial charge in [0.05, 0.1) is 22.3 Å². The Morgan fingerprint density at radius 1 is 0.974 bits per heavy atom. The molecule has 192 valence electrons. The number of aromatic nitrogens is 2. The number of halogens is 1. The van der Waals surface area contributed by atoms with E-state index in [2.05, 4.69) is 40.0 Å². The van der Waals surface area contributed by atoms with Crippen LogP contribution in [-0.4, -0.2) is 20.6 Å². The van der Waals surface area contributed by atoms with Gasteiger partial charge in [-0.3, -0.25) is 4.79 Å². The van der Waals surface area contributed by atoms with Crippen LogP contribution in [0.15, 0.2) is 81.4 Å². The van der Waals surface area contributed by atoms with E-state index in [0.29, 0.717) is 40.3 Å². The molecule has 2 heterocycles. The predicted molar refractivity (Wildman–Crippen MR) is 156 cm³/mol. The van der Waals surface area contributed by atoms with Crippen LogP contribution in [-0.2, 0) is 6.54 Å². The van der Waals surface area contributed by atoms with Crippen molar-refractivity contribution in [3.8, 4) is 17.1 Å². The highest BCUT2D eigenvalue weighted by Crippen LogP contribution is 2.40. The summed E-state index contributed by atoms with van der Waals surface area (Å²) in [4.78, 5) is 18.3. The molecule has 6 nitrogen and oxygen atoms in total. The van der Waals surface area contributed by atoms with Gasteiger partial charge in [0.25, 0.3) is 5.91 Å². The van der Waals surface area contributed by atoms with Crippen LogP contribution in [0.2, 0.25) is 0 Å². The molecule has 2 aromatic heterocycles. The van der Waals surface area contributed by atoms with Crippen LogP contribution < -0.4 is 0 Å². The minimum absolute atomic E-state index is 0.0220. The van der Waals surface area contributed by atoms with Crippen LogP contribution in [0.5, 0.6) is 5.88 Å². The van der Waals surface area contributed by atoms with Gasteiger partial charge in [0.15, 0.2) is 5.69 Å². The Hall–Kier alpha value is -3.84. The van der Waals surface area contributed by atoms with E-state index in [-0.39, 0.29) is 5.88 Å². The lowest BCUT2D eigenvalue weighted by Crippen LogP contribution is -2.00. The Morgan fingerprint density at radius 3 is 2.37 bits per heavy atom. The van der Waals surface area contributed by atoms with Gasteiger partial charge < -0.3 is 9.67 Å². The number of aromatic hydroxyl groups is 1. The van der Waals surface area contributed by atoms with E-state index in [9.17, 15) is 9.90 Å². The maximum atomic E-state index is 13.5. The smallest absolute Gasteiger partial charge is 0.296 e. The SMILES string of the molecule is Cc1ccc2nc(-c3ccc(Br)cc3)cc(C(=O)N=Nc3c(O)n(CCC(C)C)c4ccc(C)cc34)c2c1. The molecule has 0 aliphatic rings. The molecule has 0 radical (unpaired) electrons. The monoisotopic (exact) mass is 568 g/mol. The third-order valence-corrected chi connectivity index (χ3v) is 7.20. The second kappa shape index (κ2) is 10.5. The van der Waals surface area contributed by atoms with Crippen molar-refractivity contribution in [2.24, 2.45) is 16.1 Å². The van der Waals surface area contributed by atoms with Crippen molar-refractivity contribution >= 4 is 49.3 Å². The predicted octanol–water partition coefficient (Wildman–Crippen LogP) is 8.91. The van der Waals surface area contributed by atoms with Crippen molar-refractivity contribution < 1.29 is 9.90 Å². The fourth-order valence-electron chi connectivity index (χ4n) is 4.58. The van der Waals surface area contributed by atoms with E-state index in [0.717, 1.165) is 38.5 Å². The first-order chi connectivity index (χ1) is 18.2. The number of azo groups is 1. The second-order valence-electron chi connectivity index (χ2n) is 10.1. The van der Waals surface area contributed by atoms with E-state index in [4.69, 9.17) is 4.98 Å². The molecular formula is C31H29BrN4O2. The summed E-state index contributed by atoms with van der Waals surface area (Å²) in [5.41, 5.74) is 5.93. The van der Waals surface area contributed by atoms with Crippen molar-refractivity contribution in [2.75, 3.05) is 0 Å². The Morgan fingerprint density at radius 2 is 1.66 bits per heavy atom. The number of carbonyl (C=O) groups excluding carboxylic acids is 1. The van der Waals surface area contributed by atoms with E-state index >= 15 is 0 Å². The Bertz CT molecular complexity index is 1700. The lowest BCUT2D eigenvalue weighted by atomic mass is 10.0. The molecule has 1 N–H and O–H groups in total. The molecule has 0 aliphatic carbocycles. The normalized spacial score (nSPS) is 11.8. The summed E-state index contributed by atoms with van der Waals surface area (Å²) in [6.45, 7) is 8.91. The van der Waals surface area contributed by atoms with E-state index in [1.165, 1.54) is 0 Å². The number of amides is 1. The zero-order valence-corrected chi connectivity index (χ0v) is 23.5. The third-order valence-electron chi connectivity index (χ3n) is 6.67. The summed E-state index contributed by atoms with van der Waals surface area (Å²) in [5, 5.41) is 21.0. The van der Waals surface area contributed by atoms with Crippen molar-refractivity contribution in [1.29, 1.82) is 0 Å². The van der Waals surface area contributed by atoms with Gasteiger partial charge in [-0.2, -0.15) is 0 Å². The molecule has 0 aliphatic heterocycles. The maximum absolute atomic E-state index is 13.5. The largest absolute Gasteiger partial charge is 0.493 e. The zero-order valence-electron chi connectivity index (χ0n) is 21.9. The fraction of sp³-hybridized carbons (Fsp3) is 0.226. The molecule has 1 amide bonds. The Balaban J connectivity index is 1.60. The third kappa shape index (κ3) is 5.11. The summed E-state index contributed by atoms with van der Waals surface area (Å²) < 4.78 is 2.81. The zero-order chi connectivity index (χ0) is 27.0. The molecule has 7 heteroatoms. The van der Waals surface area contributed by atoms with Gasteiger partial charge in [-0.25, -0.2) is 4.98 Å². The molecule has 38 heavy (non-hydrogen) atoms. The van der Waals surface area contributed by atoms with Crippen molar-refractivity contribution in [3.63, 3.8) is 0 Å². The fourth-order valence-corrected chi connectivity index (χ4v) is 4.85. The van der Waals surface area contributed by atoms with Crippen molar-refractivity contribution in [1.82, 2.24) is 9.55 Å². The molecule has 5 aromatic rings. The summed E-state index contributed by atoms with van der Waals surface area (Å²) in [6.07, 6.45) is 0.905. The van der Waals surface area contributed by atoms with E-state index < -0.39 is 5.91 Å². The van der Waals surface area contributed by atoms with Crippen LogP contribution in [0.3, 0.4) is 0 Å². The average molecular weight is 570 g/mol. The van der Waals surface area contributed by atoms with Gasteiger partial charge in [0.1, 0.15) is 0 Å². The topological polar surface area (TPSA) is 79.8 Å². The van der Waals surface area contributed by atoms with Gasteiger partial charge in [-0.1, -0.05) is 65.2 Å². The number of hydrogen-bond donors (Lipinski definition) is 1. The van der Waals surface area contributed by atoms with Crippen LogP contribution >= 0.6 is 15.9 Å². The molecule has 0 saturated heterocycles. The molecule has 0 spiro atoms. The van der Waals surface area contributed by atoms with Crippen LogP contribution in [0, 0.1) is 19.8 Å². The number of pyridine rings is 1. The second-order valence-corrected chi connectivity index (χ2v) is 11.0. The Labute approximate surface area is 230 Å². The van der Waals surface area contributed by atoms with Crippen LogP contribution in [0.4, 0.5) is 5.69 Å². The van der Waals surface area contributed by atoms with Gasteiger partial charge in [-0.15, -0.1) is 10.2 Å². The van der Waals surface area contributed by atoms with Gasteiger partial charge in [-0.05, 0) is 68.7 Å². The summed E-state index contributed by atoms with van der Waals surface area (Å²) >= 11 is 3.47. The minimum atomic E-state index is -0.489. The summed E-state index contributed by atoms with van der Waals surface area (Å²) in [7, 11) is 0. The quantitative estimate of drug-likeness (QED) is 0.207. The number of nitrogens with zero attached hydrogens (tertiary/aromatic N) is 4. The maximum Gasteiger partial charge on any atom is 0.296 e. The summed E-state index contributed by atoms with van der Waals surface area (Å²) in [6, 6.07) is 21.3. The van der Waals surface area contributed by atoms with Crippen LogP contribution in [0.25, 0.3) is 33.1 Å². The average Bonchev–Trinajstić information content (AvgIpc) is 3.15. The lowest BCUT2D eigenvalue weighted by molar-refractivity contribution is 0.0996. The number of hydrogen-bond acceptors (Lipinski definition) is 4. The highest BCUT2D eigenvalue weighted by Gasteiger charge is 2.19. The van der Waals surface area contributed by atoms with Crippen molar-refractivity contribution in [2.45, 2.75) is 40.7 Å². The highest BCUT2D eigenvalue weighted by molar-refractivity contribution is 9.10. The molecular weight excluding hydrogens is 540 g/mol. The Kier molecular flexibility index (Phi) is 7.13. The lowest BCUT2D eigenvalue weighted by Gasteiger charge is -2.09. The van der Waals surface area contributed by atoms with E-state index in [1.54, 1.807) is 6.07 Å². The van der Waals surface area contributed by atoms with E-state index in [1.807, 2.05) is 79.1 Å². The number of carbonyl (C=O) groups is 1. The van der Waals surface area contributed by atoms with Gasteiger partial charge in [0.2, 0.25) is 5.88 Å². The summed E-state index contributed by atoms with van der Waals surface area (Å²) in [5.74, 6) is 0.0116. The van der Waals surface area contributed by atoms with Crippen LogP contribution in [0.1, 0.15) is 41.8 Å². The number of benzene rings is 3. The first-order valence-electron chi connectivity index (χ1n) is 12.7. The van der Waals surface area contributed by atoms with Crippen molar-refractivity contribution in [3.05, 3.63) is 87.9 Å². The number of aryl methyl sites for hydroxylation is 3. The minimum Gasteiger partial charge on any atom is -0.493 e. The number of rotatable bonds is 6. The van der Waals surface area contributed by atoms with Gasteiger partial charge in [0, 0.05) is 27.4 Å². The number of fused-ring (bicyclic) bond motifs is 2. The molecule has 5 rings (SSSR count). The standard InChI is InChI=1S/C31H29BrN4O2/c1-18(2)13-14-36-28-12-6-20(4)16-25(28)29(31(36)38)34-35-30(37)24-17-27(21-7-9-22(32)10-8-21)33-26-11-5-19(3)15-23(24)26/h5-12,15-18,38H,13-14H2,1-4H3. The highest BCUT2D eigenvalue weighted by atomic mass is 79.9. The first-order valence-corrected chi connectivity index (χ1v) is 13.5. The molecule has 0 bridgehead atoms. The molecule has 3 aromatic carbocycles.